The maximum atomic E-state index is 11.0. The lowest BCUT2D eigenvalue weighted by atomic mass is 9.88. The Labute approximate surface area is 111 Å². The lowest BCUT2D eigenvalue weighted by Crippen LogP contribution is -2.50. The lowest BCUT2D eigenvalue weighted by Gasteiger charge is -2.41. The molecule has 1 aromatic carbocycles. The number of nitrogens with two attached hydrogens (primary N) is 1. The molecule has 0 saturated heterocycles. The molecule has 0 bridgehead atoms. The summed E-state index contributed by atoms with van der Waals surface area (Å²) in [5, 5.41) is 13.2. The van der Waals surface area contributed by atoms with E-state index in [-0.39, 0.29) is 0 Å². The average Bonchev–Trinajstić information content (AvgIpc) is 2.33. The molecule has 6 nitrogen and oxygen atoms in total. The summed E-state index contributed by atoms with van der Waals surface area (Å²) in [4.78, 5) is 11.0. The minimum absolute atomic E-state index is 0.563. The predicted octanol–water partition coefficient (Wildman–Crippen LogP) is 1.40. The molecule has 1 aliphatic rings. The van der Waals surface area contributed by atoms with Crippen molar-refractivity contribution in [2.24, 2.45) is 5.73 Å². The number of hydrogen-bond donors (Lipinski definition) is 3. The van der Waals surface area contributed by atoms with Crippen LogP contribution in [0.4, 0.5) is 10.5 Å². The Balaban J connectivity index is 2.47. The monoisotopic (exact) mass is 266 g/mol. The van der Waals surface area contributed by atoms with Gasteiger partial charge in [0.1, 0.15) is 17.5 Å². The van der Waals surface area contributed by atoms with Crippen molar-refractivity contribution in [3.05, 3.63) is 23.8 Å². The summed E-state index contributed by atoms with van der Waals surface area (Å²) in [6, 6.07) is 5.35. The zero-order chi connectivity index (χ0) is 14.2. The van der Waals surface area contributed by atoms with Crippen molar-refractivity contribution in [3.8, 4) is 5.75 Å². The molecule has 0 fully saturated rings. The third-order valence-corrected chi connectivity index (χ3v) is 3.22. The van der Waals surface area contributed by atoms with Gasteiger partial charge in [0.15, 0.2) is 6.10 Å². The molecule has 2 unspecified atom stereocenters. The maximum Gasteiger partial charge on any atom is 0.405 e. The van der Waals surface area contributed by atoms with Gasteiger partial charge in [-0.3, -0.25) is 0 Å². The number of benzene rings is 1. The average molecular weight is 266 g/mol. The number of anilines is 1. The Kier molecular flexibility index (Phi) is 3.28. The number of fused-ring (bicyclic) bond motifs is 1. The fourth-order valence-electron chi connectivity index (χ4n) is 2.14. The van der Waals surface area contributed by atoms with Gasteiger partial charge in [-0.25, -0.2) is 4.79 Å². The molecule has 4 N–H and O–H groups in total. The lowest BCUT2D eigenvalue weighted by molar-refractivity contribution is -0.112. The molecular weight excluding hydrogens is 248 g/mol. The van der Waals surface area contributed by atoms with Crippen LogP contribution in [0.25, 0.3) is 0 Å². The van der Waals surface area contributed by atoms with Crippen LogP contribution in [0.5, 0.6) is 5.75 Å². The summed E-state index contributed by atoms with van der Waals surface area (Å²) < 4.78 is 10.8. The van der Waals surface area contributed by atoms with Gasteiger partial charge in [-0.1, -0.05) is 0 Å². The number of rotatable bonds is 2. The Morgan fingerprint density at radius 3 is 2.79 bits per heavy atom. The summed E-state index contributed by atoms with van der Waals surface area (Å²) in [5.41, 5.74) is 5.65. The normalized spacial score (nSPS) is 24.0. The zero-order valence-corrected chi connectivity index (χ0v) is 11.1. The molecule has 6 heteroatoms. The van der Waals surface area contributed by atoms with Gasteiger partial charge in [-0.05, 0) is 26.0 Å². The van der Waals surface area contributed by atoms with Gasteiger partial charge >= 0.3 is 6.09 Å². The molecule has 1 aliphatic heterocycles. The molecule has 0 aliphatic carbocycles. The van der Waals surface area contributed by atoms with Crippen LogP contribution in [0.3, 0.4) is 0 Å². The molecule has 0 spiro atoms. The second-order valence-corrected chi connectivity index (χ2v) is 5.01. The summed E-state index contributed by atoms with van der Waals surface area (Å²) >= 11 is 0. The number of aliphatic hydroxyl groups is 1. The number of nitrogens with one attached hydrogen (secondary N) is 1. The van der Waals surface area contributed by atoms with E-state index in [2.05, 4.69) is 5.32 Å². The molecule has 2 atom stereocenters. The molecule has 1 heterocycles. The van der Waals surface area contributed by atoms with Gasteiger partial charge < -0.3 is 25.6 Å². The van der Waals surface area contributed by atoms with Crippen LogP contribution in [-0.4, -0.2) is 30.0 Å². The Morgan fingerprint density at radius 2 is 2.21 bits per heavy atom. The first-order valence-corrected chi connectivity index (χ1v) is 6.00. The van der Waals surface area contributed by atoms with Crippen molar-refractivity contribution in [2.75, 3.05) is 12.4 Å². The summed E-state index contributed by atoms with van der Waals surface area (Å²) in [5.74, 6) is 0.563. The summed E-state index contributed by atoms with van der Waals surface area (Å²) in [6.07, 6.45) is -2.75. The van der Waals surface area contributed by atoms with Crippen molar-refractivity contribution in [1.29, 1.82) is 0 Å². The quantitative estimate of drug-likeness (QED) is 0.752. The van der Waals surface area contributed by atoms with Crippen LogP contribution in [0, 0.1) is 0 Å². The number of carbonyl (C=O) groups excluding carboxylic acids is 1. The number of primary amides is 1. The molecule has 1 amide bonds. The van der Waals surface area contributed by atoms with Crippen LogP contribution in [-0.2, 0) is 4.74 Å². The highest BCUT2D eigenvalue weighted by Gasteiger charge is 2.44. The molecule has 19 heavy (non-hydrogen) atoms. The maximum absolute atomic E-state index is 11.0. The molecule has 1 aromatic rings. The van der Waals surface area contributed by atoms with E-state index in [1.54, 1.807) is 33.0 Å². The van der Waals surface area contributed by atoms with E-state index in [1.807, 2.05) is 6.07 Å². The van der Waals surface area contributed by atoms with E-state index in [1.165, 1.54) is 0 Å². The number of aliphatic hydroxyl groups excluding tert-OH is 1. The van der Waals surface area contributed by atoms with Crippen LogP contribution in [0.15, 0.2) is 18.2 Å². The van der Waals surface area contributed by atoms with Gasteiger partial charge in [0, 0.05) is 24.4 Å². The van der Waals surface area contributed by atoms with Crippen LogP contribution >= 0.6 is 0 Å². The molecule has 0 saturated carbocycles. The zero-order valence-electron chi connectivity index (χ0n) is 11.1. The van der Waals surface area contributed by atoms with Crippen LogP contribution in [0.1, 0.15) is 25.5 Å². The van der Waals surface area contributed by atoms with Gasteiger partial charge in [0.2, 0.25) is 0 Å². The molecule has 0 aromatic heterocycles. The fraction of sp³-hybridized carbons (Fsp3) is 0.462. The van der Waals surface area contributed by atoms with E-state index < -0.39 is 23.9 Å². The van der Waals surface area contributed by atoms with Crippen molar-refractivity contribution >= 4 is 11.8 Å². The molecule has 104 valence electrons. The number of amides is 1. The Bertz CT molecular complexity index is 501. The SMILES string of the molecule is CNc1ccc2c(c1)OC(C)(C)C(O)C2OC(N)=O. The molecule has 2 rings (SSSR count). The van der Waals surface area contributed by atoms with Crippen molar-refractivity contribution in [3.63, 3.8) is 0 Å². The van der Waals surface area contributed by atoms with E-state index >= 15 is 0 Å². The molecular formula is C13H18N2O4. The van der Waals surface area contributed by atoms with E-state index in [0.29, 0.717) is 11.3 Å². The second kappa shape index (κ2) is 4.62. The van der Waals surface area contributed by atoms with E-state index in [9.17, 15) is 9.90 Å². The first-order chi connectivity index (χ1) is 8.85. The standard InChI is InChI=1S/C13H18N2O4/c1-13(2)11(16)10(18-12(14)17)8-5-4-7(15-3)6-9(8)19-13/h4-6,10-11,15-16H,1-3H3,(H2,14,17). The van der Waals surface area contributed by atoms with Gasteiger partial charge in [0.25, 0.3) is 0 Å². The third-order valence-electron chi connectivity index (χ3n) is 3.22. The fourth-order valence-corrected chi connectivity index (χ4v) is 2.14. The van der Waals surface area contributed by atoms with Crippen molar-refractivity contribution < 1.29 is 19.4 Å². The predicted molar refractivity (Wildman–Crippen MR) is 70.1 cm³/mol. The van der Waals surface area contributed by atoms with E-state index in [4.69, 9.17) is 15.2 Å². The van der Waals surface area contributed by atoms with E-state index in [0.717, 1.165) is 5.69 Å². The van der Waals surface area contributed by atoms with Gasteiger partial charge in [0.05, 0.1) is 0 Å². The minimum atomic E-state index is -0.993. The minimum Gasteiger partial charge on any atom is -0.484 e. The van der Waals surface area contributed by atoms with Crippen LogP contribution < -0.4 is 15.8 Å². The first-order valence-electron chi connectivity index (χ1n) is 6.00. The largest absolute Gasteiger partial charge is 0.484 e. The molecule has 0 radical (unpaired) electrons. The summed E-state index contributed by atoms with van der Waals surface area (Å²) in [6.45, 7) is 3.45. The smallest absolute Gasteiger partial charge is 0.405 e. The van der Waals surface area contributed by atoms with Crippen molar-refractivity contribution in [1.82, 2.24) is 0 Å². The highest BCUT2D eigenvalue weighted by Crippen LogP contribution is 2.42. The Morgan fingerprint density at radius 1 is 1.53 bits per heavy atom. The highest BCUT2D eigenvalue weighted by atomic mass is 16.6. The van der Waals surface area contributed by atoms with Crippen molar-refractivity contribution in [2.45, 2.75) is 31.7 Å². The number of ether oxygens (including phenoxy) is 2. The highest BCUT2D eigenvalue weighted by molar-refractivity contribution is 5.65. The topological polar surface area (TPSA) is 93.8 Å². The third kappa shape index (κ3) is 2.44. The second-order valence-electron chi connectivity index (χ2n) is 5.01. The summed E-state index contributed by atoms with van der Waals surface area (Å²) in [7, 11) is 1.79. The first kappa shape index (κ1) is 13.5. The van der Waals surface area contributed by atoms with Gasteiger partial charge in [-0.2, -0.15) is 0 Å². The van der Waals surface area contributed by atoms with Gasteiger partial charge in [-0.15, -0.1) is 0 Å². The van der Waals surface area contributed by atoms with Crippen LogP contribution in [0.2, 0.25) is 0 Å². The Hall–Kier alpha value is -1.95. The number of hydrogen-bond acceptors (Lipinski definition) is 5. The number of carbonyl (C=O) groups is 1.